The van der Waals surface area contributed by atoms with Gasteiger partial charge in [0.25, 0.3) is 0 Å². The standard InChI is InChI=1S/C18H19Cl2N3S/c19-13-1-2-14(15(20)6-13)16-21-22-17(24)23(16)18-7-10-3-11(8-18)5-12(4-10)9-18/h1-2,6,10-12H,3-5,7-9H2,(H,22,24). The van der Waals surface area contributed by atoms with Crippen molar-refractivity contribution < 1.29 is 0 Å². The van der Waals surface area contributed by atoms with Crippen LogP contribution in [0.1, 0.15) is 38.5 Å². The van der Waals surface area contributed by atoms with Crippen LogP contribution in [0.4, 0.5) is 0 Å². The Morgan fingerprint density at radius 2 is 1.71 bits per heavy atom. The highest BCUT2D eigenvalue weighted by Crippen LogP contribution is 2.59. The molecule has 126 valence electrons. The second-order valence-corrected chi connectivity index (χ2v) is 9.18. The fraction of sp³-hybridized carbons (Fsp3) is 0.556. The average Bonchev–Trinajstić information content (AvgIpc) is 2.88. The smallest absolute Gasteiger partial charge is 0.195 e. The van der Waals surface area contributed by atoms with Gasteiger partial charge in [0.05, 0.1) is 5.02 Å². The molecule has 1 heterocycles. The number of nitrogens with zero attached hydrogens (tertiary/aromatic N) is 2. The third-order valence-electron chi connectivity index (χ3n) is 6.32. The summed E-state index contributed by atoms with van der Waals surface area (Å²) in [4.78, 5) is 0. The summed E-state index contributed by atoms with van der Waals surface area (Å²) in [7, 11) is 0. The molecule has 4 aliphatic rings. The van der Waals surface area contributed by atoms with Crippen molar-refractivity contribution in [1.29, 1.82) is 0 Å². The topological polar surface area (TPSA) is 33.6 Å². The maximum atomic E-state index is 6.47. The molecule has 4 saturated carbocycles. The van der Waals surface area contributed by atoms with Crippen LogP contribution in [-0.2, 0) is 5.54 Å². The maximum absolute atomic E-state index is 6.47. The second-order valence-electron chi connectivity index (χ2n) is 7.95. The van der Waals surface area contributed by atoms with Gasteiger partial charge in [0.1, 0.15) is 0 Å². The molecule has 3 nitrogen and oxygen atoms in total. The number of aromatic nitrogens is 3. The van der Waals surface area contributed by atoms with E-state index < -0.39 is 0 Å². The summed E-state index contributed by atoms with van der Waals surface area (Å²) in [6, 6.07) is 5.59. The van der Waals surface area contributed by atoms with Crippen LogP contribution in [-0.4, -0.2) is 14.8 Å². The lowest BCUT2D eigenvalue weighted by atomic mass is 9.53. The third kappa shape index (κ3) is 2.23. The van der Waals surface area contributed by atoms with Gasteiger partial charge in [0.2, 0.25) is 0 Å². The van der Waals surface area contributed by atoms with Crippen LogP contribution < -0.4 is 0 Å². The van der Waals surface area contributed by atoms with E-state index in [1.165, 1.54) is 38.5 Å². The Morgan fingerprint density at radius 1 is 1.08 bits per heavy atom. The quantitative estimate of drug-likeness (QED) is 0.664. The number of H-pyrrole nitrogens is 1. The molecule has 0 aliphatic heterocycles. The average molecular weight is 380 g/mol. The number of aromatic amines is 1. The summed E-state index contributed by atoms with van der Waals surface area (Å²) < 4.78 is 3.01. The lowest BCUT2D eigenvalue weighted by molar-refractivity contribution is -0.0430. The number of benzene rings is 1. The lowest BCUT2D eigenvalue weighted by Gasteiger charge is -2.57. The second kappa shape index (κ2) is 5.33. The van der Waals surface area contributed by atoms with E-state index in [0.29, 0.717) is 10.0 Å². The van der Waals surface area contributed by atoms with Crippen LogP contribution in [0.15, 0.2) is 18.2 Å². The normalized spacial score (nSPS) is 34.0. The van der Waals surface area contributed by atoms with E-state index >= 15 is 0 Å². The minimum atomic E-state index is 0.122. The highest BCUT2D eigenvalue weighted by atomic mass is 35.5. The summed E-state index contributed by atoms with van der Waals surface area (Å²) in [5, 5.41) is 8.84. The molecule has 0 unspecified atom stereocenters. The van der Waals surface area contributed by atoms with Crippen LogP contribution in [0.3, 0.4) is 0 Å². The molecule has 0 radical (unpaired) electrons. The molecule has 1 N–H and O–H groups in total. The van der Waals surface area contributed by atoms with Gasteiger partial charge in [-0.1, -0.05) is 23.2 Å². The van der Waals surface area contributed by atoms with Crippen molar-refractivity contribution in [1.82, 2.24) is 14.8 Å². The van der Waals surface area contributed by atoms with E-state index in [4.69, 9.17) is 35.4 Å². The van der Waals surface area contributed by atoms with Gasteiger partial charge < -0.3 is 0 Å². The van der Waals surface area contributed by atoms with E-state index in [1.54, 1.807) is 6.07 Å². The molecule has 4 aliphatic carbocycles. The summed E-state index contributed by atoms with van der Waals surface area (Å²) >= 11 is 18.2. The van der Waals surface area contributed by atoms with Crippen molar-refractivity contribution in [2.24, 2.45) is 17.8 Å². The van der Waals surface area contributed by atoms with Crippen molar-refractivity contribution in [3.63, 3.8) is 0 Å². The number of hydrogen-bond donors (Lipinski definition) is 1. The first-order chi connectivity index (χ1) is 11.5. The minimum Gasteiger partial charge on any atom is -0.294 e. The number of hydrogen-bond acceptors (Lipinski definition) is 2. The molecule has 2 aromatic rings. The minimum absolute atomic E-state index is 0.122. The Morgan fingerprint density at radius 3 is 2.29 bits per heavy atom. The lowest BCUT2D eigenvalue weighted by Crippen LogP contribution is -2.52. The molecule has 1 aromatic carbocycles. The zero-order valence-electron chi connectivity index (χ0n) is 13.3. The summed E-state index contributed by atoms with van der Waals surface area (Å²) in [5.41, 5.74) is 1.03. The van der Waals surface area contributed by atoms with Crippen molar-refractivity contribution in [2.75, 3.05) is 0 Å². The Balaban J connectivity index is 1.67. The molecule has 6 rings (SSSR count). The molecule has 0 spiro atoms. The first-order valence-electron chi connectivity index (χ1n) is 8.67. The molecule has 0 amide bonds. The predicted molar refractivity (Wildman–Crippen MR) is 99.0 cm³/mol. The van der Waals surface area contributed by atoms with Gasteiger partial charge in [-0.25, -0.2) is 0 Å². The van der Waals surface area contributed by atoms with Gasteiger partial charge >= 0.3 is 0 Å². The van der Waals surface area contributed by atoms with Gasteiger partial charge in [-0.15, -0.1) is 0 Å². The molecule has 0 atom stereocenters. The number of nitrogens with one attached hydrogen (secondary N) is 1. The SMILES string of the molecule is S=c1[nH]nc(-c2ccc(Cl)cc2Cl)n1C12CC3CC(CC(C3)C1)C2. The number of halogens is 2. The van der Waals surface area contributed by atoms with Crippen LogP contribution in [0.2, 0.25) is 10.0 Å². The fourth-order valence-electron chi connectivity index (χ4n) is 5.93. The summed E-state index contributed by atoms with van der Waals surface area (Å²) in [6.07, 6.45) is 7.89. The largest absolute Gasteiger partial charge is 0.294 e. The Hall–Kier alpha value is -0.840. The van der Waals surface area contributed by atoms with E-state index in [2.05, 4.69) is 14.8 Å². The van der Waals surface area contributed by atoms with Crippen molar-refractivity contribution in [3.05, 3.63) is 33.0 Å². The summed E-state index contributed by atoms with van der Waals surface area (Å²) in [5.74, 6) is 3.41. The molecule has 24 heavy (non-hydrogen) atoms. The molecule has 4 fully saturated rings. The van der Waals surface area contributed by atoms with Gasteiger partial charge in [-0.3, -0.25) is 9.67 Å². The van der Waals surface area contributed by atoms with Crippen LogP contribution in [0, 0.1) is 22.5 Å². The van der Waals surface area contributed by atoms with Gasteiger partial charge in [-0.2, -0.15) is 5.10 Å². The highest BCUT2D eigenvalue weighted by molar-refractivity contribution is 7.71. The molecular weight excluding hydrogens is 361 g/mol. The van der Waals surface area contributed by atoms with Crippen molar-refractivity contribution >= 4 is 35.4 Å². The van der Waals surface area contributed by atoms with E-state index in [1.807, 2.05) is 12.1 Å². The number of rotatable bonds is 2. The van der Waals surface area contributed by atoms with Crippen LogP contribution in [0.25, 0.3) is 11.4 Å². The third-order valence-corrected chi connectivity index (χ3v) is 7.15. The van der Waals surface area contributed by atoms with Crippen molar-refractivity contribution in [3.8, 4) is 11.4 Å². The zero-order valence-corrected chi connectivity index (χ0v) is 15.6. The Labute approximate surface area is 156 Å². The predicted octanol–water partition coefficient (Wildman–Crippen LogP) is 5.84. The Kier molecular flexibility index (Phi) is 3.42. The van der Waals surface area contributed by atoms with Crippen molar-refractivity contribution in [2.45, 2.75) is 44.1 Å². The molecular formula is C18H19Cl2N3S. The van der Waals surface area contributed by atoms with Gasteiger partial charge in [0, 0.05) is 16.1 Å². The zero-order chi connectivity index (χ0) is 16.5. The van der Waals surface area contributed by atoms with E-state index in [0.717, 1.165) is 33.9 Å². The molecule has 1 aromatic heterocycles. The van der Waals surface area contributed by atoms with E-state index in [-0.39, 0.29) is 5.54 Å². The van der Waals surface area contributed by atoms with Gasteiger partial charge in [0.15, 0.2) is 10.6 Å². The molecule has 4 bridgehead atoms. The molecule has 6 heteroatoms. The van der Waals surface area contributed by atoms with Crippen LogP contribution in [0.5, 0.6) is 0 Å². The fourth-order valence-corrected chi connectivity index (χ4v) is 6.75. The Bertz CT molecular complexity index is 834. The monoisotopic (exact) mass is 379 g/mol. The highest BCUT2D eigenvalue weighted by Gasteiger charge is 2.53. The van der Waals surface area contributed by atoms with E-state index in [9.17, 15) is 0 Å². The first-order valence-corrected chi connectivity index (χ1v) is 9.84. The first kappa shape index (κ1) is 15.4. The van der Waals surface area contributed by atoms with Gasteiger partial charge in [-0.05, 0) is 86.7 Å². The summed E-state index contributed by atoms with van der Waals surface area (Å²) in [6.45, 7) is 0. The van der Waals surface area contributed by atoms with Crippen LogP contribution >= 0.6 is 35.4 Å². The maximum Gasteiger partial charge on any atom is 0.195 e. The molecule has 0 saturated heterocycles.